The highest BCUT2D eigenvalue weighted by Crippen LogP contribution is 2.42. The van der Waals surface area contributed by atoms with Crippen LogP contribution in [-0.2, 0) is 10.3 Å². The molecule has 1 heterocycles. The number of aliphatic hydroxyl groups excluding tert-OH is 1. The molecule has 9 nitrogen and oxygen atoms in total. The molecule has 39 heavy (non-hydrogen) atoms. The summed E-state index contributed by atoms with van der Waals surface area (Å²) in [4.78, 5) is 26.5. The summed E-state index contributed by atoms with van der Waals surface area (Å²) in [7, 11) is 3.07. The molecule has 1 aromatic rings. The van der Waals surface area contributed by atoms with E-state index in [0.717, 1.165) is 25.7 Å². The lowest BCUT2D eigenvalue weighted by molar-refractivity contribution is -0.0556. The van der Waals surface area contributed by atoms with E-state index in [1.54, 1.807) is 18.0 Å². The van der Waals surface area contributed by atoms with Crippen molar-refractivity contribution in [2.75, 3.05) is 40.3 Å². The van der Waals surface area contributed by atoms with Gasteiger partial charge >= 0.3 is 12.1 Å². The summed E-state index contributed by atoms with van der Waals surface area (Å²) in [6, 6.07) is 3.63. The first-order valence-electron chi connectivity index (χ1n) is 14.1. The normalized spacial score (nSPS) is 21.5. The van der Waals surface area contributed by atoms with Gasteiger partial charge in [0.2, 0.25) is 0 Å². The molecule has 2 aliphatic rings. The largest absolute Gasteiger partial charge is 0.453 e. The maximum atomic E-state index is 14.4. The molecular weight excluding hydrogens is 527 g/mol. The minimum Gasteiger partial charge on any atom is -0.453 e. The monoisotopic (exact) mass is 570 g/mol. The van der Waals surface area contributed by atoms with E-state index in [0.29, 0.717) is 32.4 Å². The Balaban J connectivity index is 1.75. The molecule has 0 spiro atoms. The number of methoxy groups -OCH3 is 1. The predicted molar refractivity (Wildman–Crippen MR) is 148 cm³/mol. The fourth-order valence-corrected chi connectivity index (χ4v) is 6.39. The van der Waals surface area contributed by atoms with Crippen LogP contribution in [0.3, 0.4) is 0 Å². The van der Waals surface area contributed by atoms with Crippen molar-refractivity contribution in [1.29, 1.82) is 0 Å². The van der Waals surface area contributed by atoms with Crippen molar-refractivity contribution in [3.05, 3.63) is 34.6 Å². The number of likely N-dealkylation sites (N-methyl/N-ethyl adjacent to an activating group) is 1. The van der Waals surface area contributed by atoms with E-state index in [-0.39, 0.29) is 42.0 Å². The summed E-state index contributed by atoms with van der Waals surface area (Å²) in [5.41, 5.74) is -1.25. The molecule has 0 bridgehead atoms. The Labute approximate surface area is 235 Å². The summed E-state index contributed by atoms with van der Waals surface area (Å²) in [5, 5.41) is 31.7. The highest BCUT2D eigenvalue weighted by Gasteiger charge is 2.43. The van der Waals surface area contributed by atoms with E-state index in [4.69, 9.17) is 11.6 Å². The highest BCUT2D eigenvalue weighted by molar-refractivity contribution is 6.31. The first-order valence-corrected chi connectivity index (χ1v) is 14.5. The number of benzene rings is 1. The van der Waals surface area contributed by atoms with E-state index in [1.807, 2.05) is 0 Å². The molecule has 5 N–H and O–H groups in total. The number of aliphatic hydroxyl groups is 2. The molecular formula is C28H44ClFN4O5. The zero-order valence-electron chi connectivity index (χ0n) is 23.1. The molecule has 1 aromatic carbocycles. The lowest BCUT2D eigenvalue weighted by Gasteiger charge is -2.43. The van der Waals surface area contributed by atoms with Crippen molar-refractivity contribution in [1.82, 2.24) is 20.9 Å². The Kier molecular flexibility index (Phi) is 12.1. The van der Waals surface area contributed by atoms with Gasteiger partial charge in [0, 0.05) is 37.7 Å². The number of hydrogen-bond donors (Lipinski definition) is 5. The van der Waals surface area contributed by atoms with Crippen molar-refractivity contribution < 1.29 is 28.9 Å². The van der Waals surface area contributed by atoms with Crippen LogP contribution in [0, 0.1) is 17.7 Å². The van der Waals surface area contributed by atoms with Crippen molar-refractivity contribution in [3.8, 4) is 0 Å². The molecule has 1 aliphatic heterocycles. The van der Waals surface area contributed by atoms with Crippen LogP contribution in [0.15, 0.2) is 18.2 Å². The molecule has 2 fully saturated rings. The Bertz CT molecular complexity index is 951. The van der Waals surface area contributed by atoms with Gasteiger partial charge in [-0.1, -0.05) is 43.0 Å². The molecule has 3 amide bonds. The number of rotatable bonds is 11. The number of halogens is 2. The van der Waals surface area contributed by atoms with Crippen LogP contribution in [0.5, 0.6) is 0 Å². The maximum Gasteiger partial charge on any atom is 0.406 e. The molecule has 1 saturated heterocycles. The molecule has 4 atom stereocenters. The lowest BCUT2D eigenvalue weighted by atomic mass is 9.74. The Morgan fingerprint density at radius 3 is 2.67 bits per heavy atom. The zero-order valence-corrected chi connectivity index (χ0v) is 23.8. The van der Waals surface area contributed by atoms with Crippen LogP contribution in [-0.4, -0.2) is 79.7 Å². The molecule has 11 heteroatoms. The van der Waals surface area contributed by atoms with Gasteiger partial charge in [-0.05, 0) is 57.6 Å². The number of nitrogens with one attached hydrogen (secondary N) is 3. The molecule has 1 saturated carbocycles. The van der Waals surface area contributed by atoms with E-state index in [1.165, 1.54) is 25.7 Å². The van der Waals surface area contributed by atoms with Gasteiger partial charge in [0.15, 0.2) is 0 Å². The van der Waals surface area contributed by atoms with Gasteiger partial charge in [0.05, 0.1) is 29.9 Å². The van der Waals surface area contributed by atoms with Crippen molar-refractivity contribution in [2.24, 2.45) is 11.8 Å². The maximum absolute atomic E-state index is 14.4. The van der Waals surface area contributed by atoms with E-state index in [2.05, 4.69) is 20.7 Å². The highest BCUT2D eigenvalue weighted by atomic mass is 35.5. The number of amides is 3. The Morgan fingerprint density at radius 2 is 1.97 bits per heavy atom. The summed E-state index contributed by atoms with van der Waals surface area (Å²) >= 11 is 6.34. The smallest absolute Gasteiger partial charge is 0.406 e. The number of ether oxygens (including phenoxy) is 1. The van der Waals surface area contributed by atoms with E-state index < -0.39 is 35.6 Å². The molecule has 0 unspecified atom stereocenters. The van der Waals surface area contributed by atoms with Crippen molar-refractivity contribution in [2.45, 2.75) is 75.5 Å². The number of carbonyl (C=O) groups is 2. The molecule has 220 valence electrons. The van der Waals surface area contributed by atoms with Gasteiger partial charge in [-0.15, -0.1) is 0 Å². The van der Waals surface area contributed by atoms with E-state index in [9.17, 15) is 24.2 Å². The first kappa shape index (κ1) is 31.4. The Hall–Kier alpha value is -2.14. The number of piperidine rings is 1. The molecule has 3 rings (SSSR count). The number of hydrogen-bond acceptors (Lipinski definition) is 6. The first-order chi connectivity index (χ1) is 18.7. The standard InChI is InChI=1S/C28H44ClFN4O5/c1-31-17-23(25(35)19-9-4-3-5-10-19)33-26(36)34-16-7-11-20(18-34)28(38,14-8-15-32-27(37)39-2)21-12-6-13-22(30)24(21)29/h6,12-13,19-20,23,25,31,35,38H,3-5,7-11,14-18H2,1-2H3,(H,32,37)(H,33,36)/t20-,23-,25+,28+/m1/s1. The van der Waals surface area contributed by atoms with Crippen LogP contribution in [0.25, 0.3) is 0 Å². The fraction of sp³-hybridized carbons (Fsp3) is 0.714. The number of urea groups is 1. The minimum absolute atomic E-state index is 0.146. The van der Waals surface area contributed by atoms with Gasteiger partial charge < -0.3 is 35.8 Å². The van der Waals surface area contributed by atoms with Gasteiger partial charge in [-0.25, -0.2) is 14.0 Å². The summed E-state index contributed by atoms with van der Waals surface area (Å²) in [6.07, 6.45) is 5.89. The second kappa shape index (κ2) is 15.0. The molecule has 0 radical (unpaired) electrons. The minimum atomic E-state index is -1.53. The average Bonchev–Trinajstić information content (AvgIpc) is 2.96. The van der Waals surface area contributed by atoms with Gasteiger partial charge in [0.25, 0.3) is 0 Å². The third-order valence-corrected chi connectivity index (χ3v) is 8.65. The average molecular weight is 571 g/mol. The van der Waals surface area contributed by atoms with Gasteiger partial charge in [-0.3, -0.25) is 0 Å². The van der Waals surface area contributed by atoms with Crippen LogP contribution in [0.1, 0.15) is 63.4 Å². The van der Waals surface area contributed by atoms with Crippen molar-refractivity contribution >= 4 is 23.7 Å². The third kappa shape index (κ3) is 8.19. The number of nitrogens with zero attached hydrogens (tertiary/aromatic N) is 1. The summed E-state index contributed by atoms with van der Waals surface area (Å²) < 4.78 is 19.1. The Morgan fingerprint density at radius 1 is 1.23 bits per heavy atom. The van der Waals surface area contributed by atoms with Crippen LogP contribution < -0.4 is 16.0 Å². The van der Waals surface area contributed by atoms with Crippen LogP contribution in [0.4, 0.5) is 14.0 Å². The predicted octanol–water partition coefficient (Wildman–Crippen LogP) is 3.75. The van der Waals surface area contributed by atoms with Crippen LogP contribution >= 0.6 is 11.6 Å². The van der Waals surface area contributed by atoms with Gasteiger partial charge in [0.1, 0.15) is 5.82 Å². The van der Waals surface area contributed by atoms with Crippen molar-refractivity contribution in [3.63, 3.8) is 0 Å². The number of carbonyl (C=O) groups excluding carboxylic acids is 2. The number of likely N-dealkylation sites (tertiary alicyclic amines) is 1. The van der Waals surface area contributed by atoms with Crippen LogP contribution in [0.2, 0.25) is 5.02 Å². The number of alkyl carbamates (subject to hydrolysis) is 1. The molecule has 0 aromatic heterocycles. The quantitative estimate of drug-likeness (QED) is 0.258. The summed E-state index contributed by atoms with van der Waals surface area (Å²) in [5.74, 6) is -0.886. The summed E-state index contributed by atoms with van der Waals surface area (Å²) in [6.45, 7) is 1.44. The lowest BCUT2D eigenvalue weighted by Crippen LogP contribution is -2.57. The topological polar surface area (TPSA) is 123 Å². The van der Waals surface area contributed by atoms with E-state index >= 15 is 0 Å². The van der Waals surface area contributed by atoms with Gasteiger partial charge in [-0.2, -0.15) is 0 Å². The fourth-order valence-electron chi connectivity index (χ4n) is 6.10. The second-order valence-corrected chi connectivity index (χ2v) is 11.2. The zero-order chi connectivity index (χ0) is 28.4. The second-order valence-electron chi connectivity index (χ2n) is 10.8. The molecule has 1 aliphatic carbocycles. The SMILES string of the molecule is CNC[C@@H](NC(=O)N1CCC[C@@H]([C@@](O)(CCCNC(=O)OC)c2cccc(F)c2Cl)C1)[C@@H](O)C1CCCCC1. The third-order valence-electron chi connectivity index (χ3n) is 8.27.